The third-order valence-electron chi connectivity index (χ3n) is 4.24. The zero-order chi connectivity index (χ0) is 18.4. The Morgan fingerprint density at radius 1 is 0.720 bits per heavy atom. The van der Waals surface area contributed by atoms with Crippen molar-refractivity contribution in [2.75, 3.05) is 19.8 Å². The molecular formula is C20H38O3SSi. The lowest BCUT2D eigenvalue weighted by molar-refractivity contribution is 0.0866. The average molecular weight is 387 g/mol. The lowest BCUT2D eigenvalue weighted by Crippen LogP contribution is -2.55. The molecule has 0 amide bonds. The molecule has 0 saturated heterocycles. The first kappa shape index (κ1) is 22.8. The number of unbranched alkanes of at least 4 members (excludes halogenated alkanes) is 7. The average Bonchev–Trinajstić information content (AvgIpc) is 3.07. The molecule has 1 aromatic rings. The highest BCUT2D eigenvalue weighted by Crippen LogP contribution is 2.19. The normalized spacial score (nSPS) is 12.0. The van der Waals surface area contributed by atoms with Crippen LogP contribution < -0.4 is 4.50 Å². The molecule has 0 radical (unpaired) electrons. The lowest BCUT2D eigenvalue weighted by atomic mass is 10.1. The predicted molar refractivity (Wildman–Crippen MR) is 111 cm³/mol. The highest BCUT2D eigenvalue weighted by atomic mass is 32.1. The Balaban J connectivity index is 2.45. The van der Waals surface area contributed by atoms with Crippen LogP contribution in [0.5, 0.6) is 0 Å². The summed E-state index contributed by atoms with van der Waals surface area (Å²) in [5.74, 6) is 0. The summed E-state index contributed by atoms with van der Waals surface area (Å²) in [7, 11) is -2.71. The second-order valence-corrected chi connectivity index (χ2v) is 10.4. The highest BCUT2D eigenvalue weighted by molar-refractivity contribution is 7.24. The molecule has 0 saturated carbocycles. The summed E-state index contributed by atoms with van der Waals surface area (Å²) in [5, 5.41) is 0. The number of aryl methyl sites for hydroxylation is 1. The van der Waals surface area contributed by atoms with Crippen molar-refractivity contribution in [2.24, 2.45) is 0 Å². The molecule has 1 heterocycles. The Morgan fingerprint density at radius 3 is 1.76 bits per heavy atom. The summed E-state index contributed by atoms with van der Waals surface area (Å²) in [6.07, 6.45) is 12.1. The van der Waals surface area contributed by atoms with Crippen molar-refractivity contribution >= 4 is 24.6 Å². The van der Waals surface area contributed by atoms with Crippen LogP contribution >= 0.6 is 11.3 Å². The topological polar surface area (TPSA) is 27.7 Å². The SMILES string of the molecule is CCCCCCCCCCc1ccc([Si](OCC)(OCC)OCC)s1. The van der Waals surface area contributed by atoms with Crippen LogP contribution in [-0.4, -0.2) is 28.6 Å². The summed E-state index contributed by atoms with van der Waals surface area (Å²) in [5.41, 5.74) is 0. The fraction of sp³-hybridized carbons (Fsp3) is 0.800. The number of rotatable bonds is 16. The van der Waals surface area contributed by atoms with Gasteiger partial charge < -0.3 is 13.3 Å². The molecule has 0 aromatic carbocycles. The highest BCUT2D eigenvalue weighted by Gasteiger charge is 2.44. The van der Waals surface area contributed by atoms with Gasteiger partial charge in [-0.15, -0.1) is 11.3 Å². The molecule has 0 unspecified atom stereocenters. The molecule has 0 aliphatic rings. The van der Waals surface area contributed by atoms with Crippen LogP contribution in [0.2, 0.25) is 0 Å². The van der Waals surface area contributed by atoms with E-state index in [1.165, 1.54) is 56.2 Å². The molecular weight excluding hydrogens is 348 g/mol. The van der Waals surface area contributed by atoms with Crippen molar-refractivity contribution in [2.45, 2.75) is 85.5 Å². The number of hydrogen-bond acceptors (Lipinski definition) is 4. The van der Waals surface area contributed by atoms with Crippen LogP contribution in [0.3, 0.4) is 0 Å². The molecule has 0 N–H and O–H groups in total. The summed E-state index contributed by atoms with van der Waals surface area (Å²) in [6, 6.07) is 4.40. The third-order valence-corrected chi connectivity index (χ3v) is 9.03. The van der Waals surface area contributed by atoms with E-state index < -0.39 is 8.80 Å². The maximum absolute atomic E-state index is 6.00. The van der Waals surface area contributed by atoms with Gasteiger partial charge in [0.15, 0.2) is 0 Å². The molecule has 1 rings (SSSR count). The molecule has 0 spiro atoms. The molecule has 0 bridgehead atoms. The van der Waals surface area contributed by atoms with Gasteiger partial charge >= 0.3 is 8.80 Å². The van der Waals surface area contributed by atoms with Gasteiger partial charge in [-0.2, -0.15) is 0 Å². The molecule has 146 valence electrons. The van der Waals surface area contributed by atoms with E-state index in [0.717, 1.165) is 10.9 Å². The van der Waals surface area contributed by atoms with E-state index in [9.17, 15) is 0 Å². The van der Waals surface area contributed by atoms with Gasteiger partial charge in [-0.1, -0.05) is 51.9 Å². The first-order valence-corrected chi connectivity index (χ1v) is 12.8. The summed E-state index contributed by atoms with van der Waals surface area (Å²) in [6.45, 7) is 10.2. The van der Waals surface area contributed by atoms with Crippen molar-refractivity contribution < 1.29 is 13.3 Å². The minimum Gasteiger partial charge on any atom is -0.370 e. The van der Waals surface area contributed by atoms with Gasteiger partial charge in [0.1, 0.15) is 0 Å². The smallest absolute Gasteiger partial charge is 0.370 e. The van der Waals surface area contributed by atoms with Gasteiger partial charge in [0.05, 0.1) is 4.50 Å². The summed E-state index contributed by atoms with van der Waals surface area (Å²) >= 11 is 1.82. The minimum absolute atomic E-state index is 0.623. The maximum Gasteiger partial charge on any atom is 0.547 e. The molecule has 3 nitrogen and oxygen atoms in total. The number of thiophene rings is 1. The molecule has 1 aromatic heterocycles. The fourth-order valence-electron chi connectivity index (χ4n) is 3.02. The molecule has 0 aliphatic carbocycles. The van der Waals surface area contributed by atoms with E-state index in [1.807, 2.05) is 32.1 Å². The Labute approximate surface area is 160 Å². The molecule has 0 aliphatic heterocycles. The van der Waals surface area contributed by atoms with Gasteiger partial charge in [-0.05, 0) is 45.7 Å². The van der Waals surface area contributed by atoms with Gasteiger partial charge in [0.25, 0.3) is 0 Å². The maximum atomic E-state index is 6.00. The molecule has 5 heteroatoms. The standard InChI is InChI=1S/C20H38O3SSi/c1-5-9-10-11-12-13-14-15-16-19-17-18-20(24-19)25(21-6-2,22-7-3)23-8-4/h17-18H,5-16H2,1-4H3. The second-order valence-electron chi connectivity index (χ2n) is 6.35. The van der Waals surface area contributed by atoms with Crippen LogP contribution in [-0.2, 0) is 19.7 Å². The zero-order valence-electron chi connectivity index (χ0n) is 16.8. The fourth-order valence-corrected chi connectivity index (χ4v) is 7.35. The lowest BCUT2D eigenvalue weighted by Gasteiger charge is -2.27. The van der Waals surface area contributed by atoms with Crippen LogP contribution in [0, 0.1) is 0 Å². The van der Waals surface area contributed by atoms with Gasteiger partial charge in [0.2, 0.25) is 0 Å². The molecule has 25 heavy (non-hydrogen) atoms. The first-order valence-electron chi connectivity index (χ1n) is 10.2. The van der Waals surface area contributed by atoms with E-state index in [2.05, 4.69) is 19.1 Å². The predicted octanol–water partition coefficient (Wildman–Crippen LogP) is 5.69. The second kappa shape index (κ2) is 13.9. The van der Waals surface area contributed by atoms with Crippen LogP contribution in [0.1, 0.15) is 83.9 Å². The summed E-state index contributed by atoms with van der Waals surface area (Å²) in [4.78, 5) is 1.43. The monoisotopic (exact) mass is 386 g/mol. The van der Waals surface area contributed by atoms with Gasteiger partial charge in [-0.3, -0.25) is 0 Å². The molecule has 0 atom stereocenters. The van der Waals surface area contributed by atoms with Gasteiger partial charge in [-0.25, -0.2) is 0 Å². The van der Waals surface area contributed by atoms with Crippen molar-refractivity contribution in [3.05, 3.63) is 17.0 Å². The van der Waals surface area contributed by atoms with E-state index in [4.69, 9.17) is 13.3 Å². The van der Waals surface area contributed by atoms with Crippen molar-refractivity contribution in [3.8, 4) is 0 Å². The van der Waals surface area contributed by atoms with Crippen LogP contribution in [0.15, 0.2) is 12.1 Å². The summed E-state index contributed by atoms with van der Waals surface area (Å²) < 4.78 is 19.2. The van der Waals surface area contributed by atoms with Crippen molar-refractivity contribution in [1.82, 2.24) is 0 Å². The van der Waals surface area contributed by atoms with E-state index in [0.29, 0.717) is 19.8 Å². The quantitative estimate of drug-likeness (QED) is 0.270. The molecule has 0 fully saturated rings. The Morgan fingerprint density at radius 2 is 1.24 bits per heavy atom. The Bertz CT molecular complexity index is 419. The third kappa shape index (κ3) is 8.35. The zero-order valence-corrected chi connectivity index (χ0v) is 18.6. The van der Waals surface area contributed by atoms with E-state index in [-0.39, 0.29) is 0 Å². The van der Waals surface area contributed by atoms with Crippen molar-refractivity contribution in [3.63, 3.8) is 0 Å². The Kier molecular flexibility index (Phi) is 12.7. The Hall–Kier alpha value is -0.203. The minimum atomic E-state index is -2.71. The first-order chi connectivity index (χ1) is 12.2. The van der Waals surface area contributed by atoms with Crippen LogP contribution in [0.4, 0.5) is 0 Å². The van der Waals surface area contributed by atoms with Crippen LogP contribution in [0.25, 0.3) is 0 Å². The van der Waals surface area contributed by atoms with Gasteiger partial charge in [0, 0.05) is 24.7 Å². The van der Waals surface area contributed by atoms with E-state index in [1.54, 1.807) is 0 Å². The largest absolute Gasteiger partial charge is 0.547 e. The van der Waals surface area contributed by atoms with Crippen molar-refractivity contribution in [1.29, 1.82) is 0 Å². The van der Waals surface area contributed by atoms with E-state index >= 15 is 0 Å². The number of hydrogen-bond donors (Lipinski definition) is 0.